The molecule has 0 aliphatic rings. The Kier molecular flexibility index (Phi) is 2.64. The van der Waals surface area contributed by atoms with Gasteiger partial charge in [-0.1, -0.05) is 12.7 Å². The number of fused-ring (bicyclic) bond motifs is 1. The van der Waals surface area contributed by atoms with Gasteiger partial charge in [-0.2, -0.15) is 0 Å². The van der Waals surface area contributed by atoms with Crippen molar-refractivity contribution in [3.05, 3.63) is 42.7 Å². The van der Waals surface area contributed by atoms with E-state index in [9.17, 15) is 4.79 Å². The number of esters is 1. The van der Waals surface area contributed by atoms with Gasteiger partial charge in [0.25, 0.3) is 0 Å². The van der Waals surface area contributed by atoms with Crippen molar-refractivity contribution in [1.29, 1.82) is 0 Å². The zero-order valence-electron chi connectivity index (χ0n) is 8.60. The quantitative estimate of drug-likeness (QED) is 0.487. The molecule has 0 fully saturated rings. The van der Waals surface area contributed by atoms with E-state index < -0.39 is 5.97 Å². The van der Waals surface area contributed by atoms with Crippen molar-refractivity contribution in [1.82, 2.24) is 0 Å². The molecule has 0 bridgehead atoms. The van der Waals surface area contributed by atoms with E-state index in [2.05, 4.69) is 6.58 Å². The lowest BCUT2D eigenvalue weighted by atomic mass is 10.2. The van der Waals surface area contributed by atoms with E-state index in [0.29, 0.717) is 11.3 Å². The maximum absolute atomic E-state index is 11.5. The number of hydrogen-bond donors (Lipinski definition) is 1. The van der Waals surface area contributed by atoms with Gasteiger partial charge in [0.05, 0.1) is 0 Å². The van der Waals surface area contributed by atoms with Gasteiger partial charge in [-0.05, 0) is 24.3 Å². The number of nitrogens with two attached hydrogens (primary N) is 1. The van der Waals surface area contributed by atoms with Crippen LogP contribution in [-0.4, -0.2) is 12.6 Å². The molecule has 0 saturated heterocycles. The van der Waals surface area contributed by atoms with Crippen LogP contribution in [0.1, 0.15) is 10.6 Å². The summed E-state index contributed by atoms with van der Waals surface area (Å²) in [5.41, 5.74) is 6.85. The van der Waals surface area contributed by atoms with Gasteiger partial charge in [-0.25, -0.2) is 4.79 Å². The third-order valence-electron chi connectivity index (χ3n) is 2.07. The lowest BCUT2D eigenvalue weighted by molar-refractivity contribution is 0.0516. The minimum Gasteiger partial charge on any atom is -0.456 e. The molecule has 0 atom stereocenters. The second-order valence-corrected chi connectivity index (χ2v) is 3.30. The fourth-order valence-electron chi connectivity index (χ4n) is 1.37. The highest BCUT2D eigenvalue weighted by atomic mass is 16.5. The Balaban J connectivity index is 2.32. The number of furan rings is 1. The first-order chi connectivity index (χ1) is 7.70. The molecule has 0 spiro atoms. The van der Waals surface area contributed by atoms with Gasteiger partial charge >= 0.3 is 5.97 Å². The van der Waals surface area contributed by atoms with Crippen LogP contribution < -0.4 is 5.73 Å². The molecule has 0 radical (unpaired) electrons. The summed E-state index contributed by atoms with van der Waals surface area (Å²) >= 11 is 0. The molecule has 0 aliphatic carbocycles. The summed E-state index contributed by atoms with van der Waals surface area (Å²) in [6, 6.07) is 6.78. The fourth-order valence-corrected chi connectivity index (χ4v) is 1.37. The predicted octanol–water partition coefficient (Wildman–Crippen LogP) is 2.36. The Hall–Kier alpha value is -2.23. The Morgan fingerprint density at radius 3 is 3.06 bits per heavy atom. The summed E-state index contributed by atoms with van der Waals surface area (Å²) in [6.07, 6.45) is 1.50. The van der Waals surface area contributed by atoms with Crippen molar-refractivity contribution in [3.8, 4) is 0 Å². The molecular weight excluding hydrogens is 206 g/mol. The maximum Gasteiger partial charge on any atom is 0.374 e. The van der Waals surface area contributed by atoms with E-state index in [1.165, 1.54) is 6.08 Å². The Morgan fingerprint density at radius 1 is 1.50 bits per heavy atom. The summed E-state index contributed by atoms with van der Waals surface area (Å²) in [5, 5.41) is 0.783. The summed E-state index contributed by atoms with van der Waals surface area (Å²) in [6.45, 7) is 3.62. The summed E-state index contributed by atoms with van der Waals surface area (Å²) in [7, 11) is 0. The van der Waals surface area contributed by atoms with Crippen LogP contribution in [-0.2, 0) is 4.74 Å². The number of rotatable bonds is 3. The van der Waals surface area contributed by atoms with E-state index in [-0.39, 0.29) is 12.4 Å². The molecule has 82 valence electrons. The van der Waals surface area contributed by atoms with Crippen LogP contribution in [0.3, 0.4) is 0 Å². The minimum atomic E-state index is -0.505. The molecule has 0 aliphatic heterocycles. The van der Waals surface area contributed by atoms with Crippen LogP contribution in [0, 0.1) is 0 Å². The molecule has 2 aromatic rings. The van der Waals surface area contributed by atoms with Gasteiger partial charge in [-0.15, -0.1) is 0 Å². The fraction of sp³-hybridized carbons (Fsp3) is 0.0833. The SMILES string of the molecule is C=CCOC(=O)c1cc2cc(N)ccc2o1. The number of carbonyl (C=O) groups excluding carboxylic acids is 1. The summed E-state index contributed by atoms with van der Waals surface area (Å²) in [5.74, 6) is -0.336. The van der Waals surface area contributed by atoms with Crippen molar-refractivity contribution in [2.45, 2.75) is 0 Å². The Labute approximate surface area is 92.3 Å². The normalized spacial score (nSPS) is 10.2. The highest BCUT2D eigenvalue weighted by Gasteiger charge is 2.12. The second kappa shape index (κ2) is 4.10. The number of nitrogen functional groups attached to an aromatic ring is 1. The molecule has 16 heavy (non-hydrogen) atoms. The number of anilines is 1. The Bertz CT molecular complexity index is 542. The van der Waals surface area contributed by atoms with E-state index in [4.69, 9.17) is 14.9 Å². The minimum absolute atomic E-state index is 0.165. The summed E-state index contributed by atoms with van der Waals surface area (Å²) < 4.78 is 10.2. The van der Waals surface area contributed by atoms with Gasteiger partial charge in [0, 0.05) is 11.1 Å². The number of carbonyl (C=O) groups is 1. The zero-order valence-corrected chi connectivity index (χ0v) is 8.60. The summed E-state index contributed by atoms with van der Waals surface area (Å²) in [4.78, 5) is 11.5. The molecule has 4 nitrogen and oxygen atoms in total. The first kappa shape index (κ1) is 10.3. The van der Waals surface area contributed by atoms with E-state index >= 15 is 0 Å². The Morgan fingerprint density at radius 2 is 2.31 bits per heavy atom. The van der Waals surface area contributed by atoms with Crippen LogP contribution >= 0.6 is 0 Å². The van der Waals surface area contributed by atoms with Gasteiger partial charge in [-0.3, -0.25) is 0 Å². The molecule has 1 aromatic carbocycles. The standard InChI is InChI=1S/C12H11NO3/c1-2-5-15-12(14)11-7-8-6-9(13)3-4-10(8)16-11/h2-4,6-7H,1,5,13H2. The van der Waals surface area contributed by atoms with E-state index in [1.54, 1.807) is 24.3 Å². The van der Waals surface area contributed by atoms with Crippen molar-refractivity contribution in [3.63, 3.8) is 0 Å². The third kappa shape index (κ3) is 1.91. The highest BCUT2D eigenvalue weighted by Crippen LogP contribution is 2.22. The topological polar surface area (TPSA) is 65.5 Å². The van der Waals surface area contributed by atoms with Gasteiger partial charge < -0.3 is 14.9 Å². The third-order valence-corrected chi connectivity index (χ3v) is 2.07. The molecule has 4 heteroatoms. The predicted molar refractivity (Wildman–Crippen MR) is 61.1 cm³/mol. The largest absolute Gasteiger partial charge is 0.456 e. The van der Waals surface area contributed by atoms with E-state index in [1.807, 2.05) is 0 Å². The van der Waals surface area contributed by atoms with Crippen molar-refractivity contribution in [2.75, 3.05) is 12.3 Å². The average molecular weight is 217 g/mol. The first-order valence-electron chi connectivity index (χ1n) is 4.78. The van der Waals surface area contributed by atoms with Gasteiger partial charge in [0.2, 0.25) is 5.76 Å². The molecule has 1 aromatic heterocycles. The highest BCUT2D eigenvalue weighted by molar-refractivity contribution is 5.93. The van der Waals surface area contributed by atoms with Crippen molar-refractivity contribution < 1.29 is 13.9 Å². The van der Waals surface area contributed by atoms with Crippen LogP contribution in [0.25, 0.3) is 11.0 Å². The molecule has 2 rings (SSSR count). The molecule has 1 heterocycles. The molecule has 2 N–H and O–H groups in total. The number of ether oxygens (including phenoxy) is 1. The lowest BCUT2D eigenvalue weighted by Crippen LogP contribution is -2.03. The van der Waals surface area contributed by atoms with Gasteiger partial charge in [0.15, 0.2) is 0 Å². The number of benzene rings is 1. The van der Waals surface area contributed by atoms with Crippen LogP contribution in [0.4, 0.5) is 5.69 Å². The molecular formula is C12H11NO3. The molecule has 0 amide bonds. The molecule has 0 saturated carbocycles. The van der Waals surface area contributed by atoms with Crippen LogP contribution in [0.15, 0.2) is 41.3 Å². The van der Waals surface area contributed by atoms with Crippen LogP contribution in [0.5, 0.6) is 0 Å². The van der Waals surface area contributed by atoms with Crippen molar-refractivity contribution >= 4 is 22.6 Å². The smallest absolute Gasteiger partial charge is 0.374 e. The zero-order chi connectivity index (χ0) is 11.5. The maximum atomic E-state index is 11.5. The van der Waals surface area contributed by atoms with Crippen molar-refractivity contribution in [2.24, 2.45) is 0 Å². The van der Waals surface area contributed by atoms with Gasteiger partial charge in [0.1, 0.15) is 12.2 Å². The number of hydrogen-bond acceptors (Lipinski definition) is 4. The van der Waals surface area contributed by atoms with E-state index in [0.717, 1.165) is 5.39 Å². The second-order valence-electron chi connectivity index (χ2n) is 3.30. The van der Waals surface area contributed by atoms with Crippen LogP contribution in [0.2, 0.25) is 0 Å². The average Bonchev–Trinajstić information content (AvgIpc) is 2.68. The molecule has 0 unspecified atom stereocenters. The lowest BCUT2D eigenvalue weighted by Gasteiger charge is -1.96. The first-order valence-corrected chi connectivity index (χ1v) is 4.78. The monoisotopic (exact) mass is 217 g/mol.